The lowest BCUT2D eigenvalue weighted by molar-refractivity contribution is 0.839. The van der Waals surface area contributed by atoms with Crippen LogP contribution in [-0.2, 0) is 6.54 Å². The van der Waals surface area contributed by atoms with Gasteiger partial charge in [0.15, 0.2) is 0 Å². The topological polar surface area (TPSA) is 54.7 Å². The van der Waals surface area contributed by atoms with Gasteiger partial charge >= 0.3 is 0 Å². The number of anilines is 1. The van der Waals surface area contributed by atoms with E-state index in [0.29, 0.717) is 22.8 Å². The van der Waals surface area contributed by atoms with Crippen molar-refractivity contribution in [2.45, 2.75) is 6.54 Å². The third-order valence-electron chi connectivity index (χ3n) is 3.38. The van der Waals surface area contributed by atoms with Gasteiger partial charge in [0.1, 0.15) is 0 Å². The Morgan fingerprint density at radius 3 is 2.85 bits per heavy atom. The summed E-state index contributed by atoms with van der Waals surface area (Å²) in [5.74, 6) is 0. The Labute approximate surface area is 121 Å². The second-order valence-corrected chi connectivity index (χ2v) is 5.07. The molecular weight excluding hydrogens is 270 g/mol. The van der Waals surface area contributed by atoms with Crippen molar-refractivity contribution in [1.29, 1.82) is 5.26 Å². The highest BCUT2D eigenvalue weighted by atomic mass is 35.5. The summed E-state index contributed by atoms with van der Waals surface area (Å²) in [6, 6.07) is 15.3. The van der Waals surface area contributed by atoms with Crippen molar-refractivity contribution in [3.63, 3.8) is 0 Å². The van der Waals surface area contributed by atoms with Gasteiger partial charge in [-0.2, -0.15) is 5.26 Å². The molecule has 0 aliphatic heterocycles. The van der Waals surface area contributed by atoms with E-state index in [1.54, 1.807) is 6.07 Å². The van der Waals surface area contributed by atoms with Gasteiger partial charge in [0, 0.05) is 34.4 Å². The first-order valence-electron chi connectivity index (χ1n) is 6.21. The van der Waals surface area contributed by atoms with Gasteiger partial charge in [-0.25, -0.2) is 0 Å². The molecule has 0 aliphatic carbocycles. The third-order valence-corrected chi connectivity index (χ3v) is 3.61. The molecule has 0 saturated heterocycles. The van der Waals surface area contributed by atoms with Crippen LogP contribution in [0.4, 0.5) is 5.69 Å². The zero-order valence-electron chi connectivity index (χ0n) is 10.7. The van der Waals surface area contributed by atoms with Crippen molar-refractivity contribution in [3.8, 4) is 6.07 Å². The number of nitriles is 1. The molecular formula is C16H12ClN3. The van der Waals surface area contributed by atoms with Crippen molar-refractivity contribution in [2.24, 2.45) is 0 Å². The van der Waals surface area contributed by atoms with Crippen molar-refractivity contribution in [2.75, 3.05) is 5.73 Å². The van der Waals surface area contributed by atoms with E-state index in [1.165, 1.54) is 0 Å². The average molecular weight is 282 g/mol. The molecule has 0 amide bonds. The molecule has 98 valence electrons. The molecule has 2 N–H and O–H groups in total. The normalized spacial score (nSPS) is 10.6. The highest BCUT2D eigenvalue weighted by Gasteiger charge is 2.07. The molecule has 20 heavy (non-hydrogen) atoms. The van der Waals surface area contributed by atoms with Crippen LogP contribution in [0.5, 0.6) is 0 Å². The van der Waals surface area contributed by atoms with Gasteiger partial charge < -0.3 is 10.3 Å². The number of nitrogens with two attached hydrogens (primary N) is 1. The molecule has 0 saturated carbocycles. The lowest BCUT2D eigenvalue weighted by atomic mass is 10.1. The summed E-state index contributed by atoms with van der Waals surface area (Å²) in [5, 5.41) is 10.7. The smallest absolute Gasteiger partial charge is 0.0998 e. The number of hydrogen-bond acceptors (Lipinski definition) is 2. The number of hydrogen-bond donors (Lipinski definition) is 1. The van der Waals surface area contributed by atoms with Crippen LogP contribution in [-0.4, -0.2) is 4.57 Å². The standard InChI is InChI=1S/C16H12ClN3/c17-13-4-5-15(19)12(8-13)10-20-7-6-14-11(9-18)2-1-3-16(14)20/h1-8H,10,19H2. The second kappa shape index (κ2) is 4.92. The van der Waals surface area contributed by atoms with Gasteiger partial charge in [-0.1, -0.05) is 17.7 Å². The van der Waals surface area contributed by atoms with E-state index in [4.69, 9.17) is 22.6 Å². The molecule has 2 aromatic carbocycles. The molecule has 0 aliphatic rings. The minimum atomic E-state index is 0.630. The summed E-state index contributed by atoms with van der Waals surface area (Å²) in [4.78, 5) is 0. The lowest BCUT2D eigenvalue weighted by Crippen LogP contribution is -2.01. The van der Waals surface area contributed by atoms with Crippen LogP contribution in [0.25, 0.3) is 10.9 Å². The average Bonchev–Trinajstić information content (AvgIpc) is 2.86. The molecule has 0 atom stereocenters. The van der Waals surface area contributed by atoms with Gasteiger partial charge in [-0.3, -0.25) is 0 Å². The Kier molecular flexibility index (Phi) is 3.09. The minimum Gasteiger partial charge on any atom is -0.398 e. The monoisotopic (exact) mass is 281 g/mol. The summed E-state index contributed by atoms with van der Waals surface area (Å²) >= 11 is 6.02. The van der Waals surface area contributed by atoms with Crippen molar-refractivity contribution in [3.05, 3.63) is 64.8 Å². The van der Waals surface area contributed by atoms with E-state index in [2.05, 4.69) is 10.6 Å². The Balaban J connectivity index is 2.08. The van der Waals surface area contributed by atoms with Gasteiger partial charge in [0.2, 0.25) is 0 Å². The van der Waals surface area contributed by atoms with Crippen LogP contribution < -0.4 is 5.73 Å². The zero-order valence-corrected chi connectivity index (χ0v) is 11.4. The molecule has 3 aromatic rings. The SMILES string of the molecule is N#Cc1cccc2c1ccn2Cc1cc(Cl)ccc1N. The molecule has 1 heterocycles. The Hall–Kier alpha value is -2.44. The Bertz CT molecular complexity index is 827. The first-order chi connectivity index (χ1) is 9.69. The fraction of sp³-hybridized carbons (Fsp3) is 0.0625. The molecule has 3 nitrogen and oxygen atoms in total. The Morgan fingerprint density at radius 1 is 1.20 bits per heavy atom. The van der Waals surface area contributed by atoms with Crippen LogP contribution >= 0.6 is 11.6 Å². The van der Waals surface area contributed by atoms with Crippen LogP contribution in [0.1, 0.15) is 11.1 Å². The number of aromatic nitrogens is 1. The number of benzene rings is 2. The highest BCUT2D eigenvalue weighted by Crippen LogP contribution is 2.23. The fourth-order valence-corrected chi connectivity index (χ4v) is 2.55. The van der Waals surface area contributed by atoms with Crippen LogP contribution in [0.2, 0.25) is 5.02 Å². The largest absolute Gasteiger partial charge is 0.398 e. The van der Waals surface area contributed by atoms with E-state index in [1.807, 2.05) is 42.6 Å². The highest BCUT2D eigenvalue weighted by molar-refractivity contribution is 6.30. The van der Waals surface area contributed by atoms with Gasteiger partial charge in [0.25, 0.3) is 0 Å². The van der Waals surface area contributed by atoms with Crippen LogP contribution in [0, 0.1) is 11.3 Å². The zero-order chi connectivity index (χ0) is 14.1. The van der Waals surface area contributed by atoms with E-state index in [0.717, 1.165) is 16.5 Å². The predicted molar refractivity (Wildman–Crippen MR) is 81.6 cm³/mol. The molecule has 0 radical (unpaired) electrons. The molecule has 1 aromatic heterocycles. The van der Waals surface area contributed by atoms with Crippen molar-refractivity contribution in [1.82, 2.24) is 4.57 Å². The summed E-state index contributed by atoms with van der Waals surface area (Å²) in [6.45, 7) is 0.630. The number of fused-ring (bicyclic) bond motifs is 1. The number of rotatable bonds is 2. The molecule has 4 heteroatoms. The fourth-order valence-electron chi connectivity index (χ4n) is 2.35. The van der Waals surface area contributed by atoms with Gasteiger partial charge in [0.05, 0.1) is 11.6 Å². The number of halogens is 1. The Morgan fingerprint density at radius 2 is 2.05 bits per heavy atom. The van der Waals surface area contributed by atoms with Gasteiger partial charge in [-0.15, -0.1) is 0 Å². The van der Waals surface area contributed by atoms with E-state index in [9.17, 15) is 0 Å². The second-order valence-electron chi connectivity index (χ2n) is 4.64. The summed E-state index contributed by atoms with van der Waals surface area (Å²) in [6.07, 6.45) is 1.96. The maximum atomic E-state index is 9.12. The summed E-state index contributed by atoms with van der Waals surface area (Å²) in [7, 11) is 0. The molecule has 0 bridgehead atoms. The third kappa shape index (κ3) is 2.11. The first kappa shape index (κ1) is 12.6. The number of nitrogens with zero attached hydrogens (tertiary/aromatic N) is 2. The molecule has 0 fully saturated rings. The quantitative estimate of drug-likeness (QED) is 0.727. The number of nitrogen functional groups attached to an aromatic ring is 1. The molecule has 0 spiro atoms. The molecule has 3 rings (SSSR count). The molecule has 0 unspecified atom stereocenters. The maximum absolute atomic E-state index is 9.12. The van der Waals surface area contributed by atoms with Gasteiger partial charge in [-0.05, 0) is 42.0 Å². The van der Waals surface area contributed by atoms with E-state index < -0.39 is 0 Å². The first-order valence-corrected chi connectivity index (χ1v) is 6.58. The van der Waals surface area contributed by atoms with E-state index >= 15 is 0 Å². The van der Waals surface area contributed by atoms with Crippen LogP contribution in [0.3, 0.4) is 0 Å². The summed E-state index contributed by atoms with van der Waals surface area (Å²) < 4.78 is 2.07. The van der Waals surface area contributed by atoms with Crippen LogP contribution in [0.15, 0.2) is 48.7 Å². The van der Waals surface area contributed by atoms with Crippen molar-refractivity contribution >= 4 is 28.2 Å². The maximum Gasteiger partial charge on any atom is 0.0998 e. The lowest BCUT2D eigenvalue weighted by Gasteiger charge is -2.09. The minimum absolute atomic E-state index is 0.630. The van der Waals surface area contributed by atoms with E-state index in [-0.39, 0.29) is 0 Å². The van der Waals surface area contributed by atoms with Crippen molar-refractivity contribution < 1.29 is 0 Å². The predicted octanol–water partition coefficient (Wildman–Crippen LogP) is 3.80. The summed E-state index contributed by atoms with van der Waals surface area (Å²) in [5.41, 5.74) is 9.36.